The third-order valence-corrected chi connectivity index (χ3v) is 2.46. The third kappa shape index (κ3) is 4.00. The number of rotatable bonds is 3. The summed E-state index contributed by atoms with van der Waals surface area (Å²) in [4.78, 5) is 14.5. The summed E-state index contributed by atoms with van der Waals surface area (Å²) in [5.74, 6) is -1.13. The van der Waals surface area contributed by atoms with Gasteiger partial charge in [0.1, 0.15) is 9.52 Å². The Labute approximate surface area is 99.9 Å². The number of nitrogens with one attached hydrogen (secondary N) is 1. The molecule has 2 N–H and O–H groups in total. The average molecular weight is 342 g/mol. The van der Waals surface area contributed by atoms with Crippen LogP contribution in [0.15, 0.2) is 12.1 Å². The molecule has 0 bridgehead atoms. The Morgan fingerprint density at radius 3 is 2.60 bits per heavy atom. The zero-order valence-electron chi connectivity index (χ0n) is 7.56. The molecule has 0 amide bonds. The number of aromatic nitrogens is 1. The first-order valence-corrected chi connectivity index (χ1v) is 6.63. The molecule has 1 aromatic rings. The lowest BCUT2D eigenvalue weighted by atomic mass is 10.3. The van der Waals surface area contributed by atoms with E-state index in [-0.39, 0.29) is 11.4 Å². The van der Waals surface area contributed by atoms with E-state index in [9.17, 15) is 13.2 Å². The lowest BCUT2D eigenvalue weighted by Gasteiger charge is -2.04. The summed E-state index contributed by atoms with van der Waals surface area (Å²) in [6.07, 6.45) is 0.967. The average Bonchev–Trinajstić information content (AvgIpc) is 1.99. The highest BCUT2D eigenvalue weighted by Crippen LogP contribution is 2.13. The molecule has 0 aliphatic heterocycles. The molecule has 6 nitrogen and oxygen atoms in total. The van der Waals surface area contributed by atoms with E-state index in [2.05, 4.69) is 9.71 Å². The van der Waals surface area contributed by atoms with Gasteiger partial charge in [0.2, 0.25) is 10.0 Å². The minimum atomic E-state index is -3.45. The molecule has 1 heterocycles. The normalized spacial score (nSPS) is 11.1. The Morgan fingerprint density at radius 1 is 1.53 bits per heavy atom. The van der Waals surface area contributed by atoms with Gasteiger partial charge in [-0.15, -0.1) is 0 Å². The van der Waals surface area contributed by atoms with E-state index in [0.717, 1.165) is 12.3 Å². The Balaban J connectivity index is 3.15. The predicted octanol–water partition coefficient (Wildman–Crippen LogP) is 0.756. The van der Waals surface area contributed by atoms with Gasteiger partial charge in [0.15, 0.2) is 0 Å². The molecule has 0 saturated heterocycles. The molecule has 0 spiro atoms. The van der Waals surface area contributed by atoms with Crippen LogP contribution in [0.25, 0.3) is 0 Å². The first kappa shape index (κ1) is 12.2. The quantitative estimate of drug-likeness (QED) is 0.624. The molecule has 1 rings (SSSR count). The van der Waals surface area contributed by atoms with Crippen LogP contribution in [0.3, 0.4) is 0 Å². The smallest absolute Gasteiger partial charge is 0.335 e. The molecule has 1 aromatic heterocycles. The number of halogens is 1. The van der Waals surface area contributed by atoms with Crippen LogP contribution in [0.4, 0.5) is 5.82 Å². The molecular formula is C7H7IN2O4S. The van der Waals surface area contributed by atoms with Gasteiger partial charge >= 0.3 is 5.97 Å². The molecule has 0 unspecified atom stereocenters. The molecule has 0 aliphatic rings. The maximum absolute atomic E-state index is 10.9. The summed E-state index contributed by atoms with van der Waals surface area (Å²) < 4.78 is 24.3. The number of aromatic carboxylic acids is 1. The number of sulfonamides is 1. The molecule has 0 fully saturated rings. The lowest BCUT2D eigenvalue weighted by molar-refractivity contribution is 0.0696. The van der Waals surface area contributed by atoms with Crippen molar-refractivity contribution in [3.8, 4) is 0 Å². The number of anilines is 1. The van der Waals surface area contributed by atoms with Crippen molar-refractivity contribution in [2.45, 2.75) is 0 Å². The second kappa shape index (κ2) is 4.31. The van der Waals surface area contributed by atoms with E-state index < -0.39 is 16.0 Å². The van der Waals surface area contributed by atoms with Crippen molar-refractivity contribution in [1.82, 2.24) is 4.98 Å². The van der Waals surface area contributed by atoms with Gasteiger partial charge in [-0.2, -0.15) is 0 Å². The van der Waals surface area contributed by atoms with Crippen molar-refractivity contribution < 1.29 is 18.3 Å². The van der Waals surface area contributed by atoms with Crippen LogP contribution in [0.1, 0.15) is 10.4 Å². The second-order valence-electron chi connectivity index (χ2n) is 2.74. The minimum absolute atomic E-state index is 0.00167. The lowest BCUT2D eigenvalue weighted by Crippen LogP contribution is -2.12. The standard InChI is InChI=1S/C7H7IN2O4S/c1-15(13,14)10-6-3-4(7(11)12)2-5(8)9-6/h2-3H,1H3,(H,9,10)(H,11,12). The second-order valence-corrected chi connectivity index (χ2v) is 5.60. The Morgan fingerprint density at radius 2 is 2.13 bits per heavy atom. The number of carboxylic acid groups (broad SMARTS) is 1. The highest BCUT2D eigenvalue weighted by Gasteiger charge is 2.09. The first-order valence-electron chi connectivity index (χ1n) is 3.66. The van der Waals surface area contributed by atoms with Gasteiger partial charge in [-0.25, -0.2) is 18.2 Å². The fourth-order valence-corrected chi connectivity index (χ4v) is 1.94. The van der Waals surface area contributed by atoms with Crippen molar-refractivity contribution in [2.24, 2.45) is 0 Å². The SMILES string of the molecule is CS(=O)(=O)Nc1cc(C(=O)O)cc(I)n1. The first-order chi connectivity index (χ1) is 6.78. The van der Waals surface area contributed by atoms with Gasteiger partial charge in [-0.3, -0.25) is 4.72 Å². The van der Waals surface area contributed by atoms with Crippen molar-refractivity contribution in [1.29, 1.82) is 0 Å². The minimum Gasteiger partial charge on any atom is -0.478 e. The van der Waals surface area contributed by atoms with E-state index in [1.165, 1.54) is 6.07 Å². The molecule has 8 heteroatoms. The summed E-state index contributed by atoms with van der Waals surface area (Å²) in [7, 11) is -3.45. The van der Waals surface area contributed by atoms with Crippen molar-refractivity contribution in [3.05, 3.63) is 21.4 Å². The summed E-state index contributed by atoms with van der Waals surface area (Å²) in [6.45, 7) is 0. The zero-order chi connectivity index (χ0) is 11.6. The van der Waals surface area contributed by atoms with Crippen LogP contribution in [-0.4, -0.2) is 30.7 Å². The Hall–Kier alpha value is -0.900. The number of pyridine rings is 1. The summed E-state index contributed by atoms with van der Waals surface area (Å²) in [6, 6.07) is 2.50. The number of nitrogens with zero attached hydrogens (tertiary/aromatic N) is 1. The largest absolute Gasteiger partial charge is 0.478 e. The van der Waals surface area contributed by atoms with E-state index >= 15 is 0 Å². The van der Waals surface area contributed by atoms with E-state index in [1.54, 1.807) is 22.6 Å². The molecule has 82 valence electrons. The van der Waals surface area contributed by atoms with Gasteiger partial charge in [-0.1, -0.05) is 0 Å². The highest BCUT2D eigenvalue weighted by molar-refractivity contribution is 14.1. The summed E-state index contributed by atoms with van der Waals surface area (Å²) in [5.41, 5.74) is -0.0134. The monoisotopic (exact) mass is 342 g/mol. The van der Waals surface area contributed by atoms with Crippen molar-refractivity contribution in [3.63, 3.8) is 0 Å². The number of carboxylic acids is 1. The molecule has 0 saturated carbocycles. The van der Waals surface area contributed by atoms with Crippen LogP contribution in [-0.2, 0) is 10.0 Å². The van der Waals surface area contributed by atoms with Crippen LogP contribution in [0, 0.1) is 3.70 Å². The molecule has 15 heavy (non-hydrogen) atoms. The maximum atomic E-state index is 10.9. The van der Waals surface area contributed by atoms with Crippen LogP contribution in [0.5, 0.6) is 0 Å². The number of hydrogen-bond donors (Lipinski definition) is 2. The Bertz CT molecular complexity index is 500. The van der Waals surface area contributed by atoms with Gasteiger partial charge in [0.25, 0.3) is 0 Å². The number of hydrogen-bond acceptors (Lipinski definition) is 4. The van der Waals surface area contributed by atoms with Crippen molar-refractivity contribution in [2.75, 3.05) is 11.0 Å². The topological polar surface area (TPSA) is 96.4 Å². The molecule has 0 aromatic carbocycles. The third-order valence-electron chi connectivity index (χ3n) is 1.33. The fraction of sp³-hybridized carbons (Fsp3) is 0.143. The van der Waals surface area contributed by atoms with E-state index in [0.29, 0.717) is 3.70 Å². The molecule has 0 atom stereocenters. The summed E-state index contributed by atoms with van der Waals surface area (Å²) >= 11 is 1.81. The van der Waals surface area contributed by atoms with Crippen LogP contribution in [0.2, 0.25) is 0 Å². The maximum Gasteiger partial charge on any atom is 0.335 e. The Kier molecular flexibility index (Phi) is 3.50. The molecule has 0 aliphatic carbocycles. The molecule has 0 radical (unpaired) electrons. The van der Waals surface area contributed by atoms with Crippen molar-refractivity contribution >= 4 is 44.4 Å². The highest BCUT2D eigenvalue weighted by atomic mass is 127. The van der Waals surface area contributed by atoms with Crippen LogP contribution >= 0.6 is 22.6 Å². The number of carbonyl (C=O) groups is 1. The zero-order valence-corrected chi connectivity index (χ0v) is 10.5. The molecular weight excluding hydrogens is 335 g/mol. The van der Waals surface area contributed by atoms with Gasteiger partial charge in [-0.05, 0) is 34.7 Å². The van der Waals surface area contributed by atoms with E-state index in [1.807, 2.05) is 0 Å². The fourth-order valence-electron chi connectivity index (χ4n) is 0.863. The van der Waals surface area contributed by atoms with Gasteiger partial charge in [0.05, 0.1) is 11.8 Å². The van der Waals surface area contributed by atoms with E-state index in [4.69, 9.17) is 5.11 Å². The van der Waals surface area contributed by atoms with Gasteiger partial charge in [0, 0.05) is 0 Å². The summed E-state index contributed by atoms with van der Waals surface area (Å²) in [5, 5.41) is 8.72. The predicted molar refractivity (Wildman–Crippen MR) is 62.4 cm³/mol. The van der Waals surface area contributed by atoms with Crippen LogP contribution < -0.4 is 4.72 Å². The van der Waals surface area contributed by atoms with Gasteiger partial charge < -0.3 is 5.11 Å².